The van der Waals surface area contributed by atoms with E-state index in [-0.39, 0.29) is 0 Å². The molecule has 4 rings (SSSR count). The molecule has 1 radical (unpaired) electrons. The monoisotopic (exact) mass is 327 g/mol. The molecule has 1 saturated heterocycles. The first kappa shape index (κ1) is 15.9. The van der Waals surface area contributed by atoms with Crippen LogP contribution in [-0.2, 0) is 6.54 Å². The van der Waals surface area contributed by atoms with E-state index in [4.69, 9.17) is 0 Å². The first-order chi connectivity index (χ1) is 12.4. The van der Waals surface area contributed by atoms with Crippen LogP contribution in [0.5, 0.6) is 0 Å². The average molecular weight is 327 g/mol. The third-order valence-corrected chi connectivity index (χ3v) is 4.93. The van der Waals surface area contributed by atoms with E-state index >= 15 is 0 Å². The average Bonchev–Trinajstić information content (AvgIpc) is 2.70. The summed E-state index contributed by atoms with van der Waals surface area (Å²) >= 11 is 0. The maximum Gasteiger partial charge on any atom is 0.0367 e. The molecular weight excluding hydrogens is 304 g/mol. The molecule has 3 aromatic carbocycles. The summed E-state index contributed by atoms with van der Waals surface area (Å²) in [6, 6.07) is 30.9. The molecule has 2 heteroatoms. The molecule has 0 saturated carbocycles. The summed E-state index contributed by atoms with van der Waals surface area (Å²) in [5.74, 6) is 0. The highest BCUT2D eigenvalue weighted by molar-refractivity contribution is 5.67. The lowest BCUT2D eigenvalue weighted by atomic mass is 9.99. The zero-order valence-electron chi connectivity index (χ0n) is 14.4. The summed E-state index contributed by atoms with van der Waals surface area (Å²) in [5, 5.41) is 0. The molecule has 0 amide bonds. The Labute approximate surface area is 150 Å². The highest BCUT2D eigenvalue weighted by Crippen LogP contribution is 2.25. The van der Waals surface area contributed by atoms with Gasteiger partial charge in [0.1, 0.15) is 0 Å². The normalized spacial score (nSPS) is 15.3. The molecule has 1 aliphatic heterocycles. The fourth-order valence-electron chi connectivity index (χ4n) is 3.55. The van der Waals surface area contributed by atoms with E-state index < -0.39 is 0 Å². The standard InChI is InChI=1S/C23H23N2/c1-3-9-20(10-4-1)23-14-8-7-11-21(23)19-24-15-17-25(18-16-24)22-12-5-2-6-13-22/h1,3-14H,15-19H2. The van der Waals surface area contributed by atoms with Crippen molar-refractivity contribution in [2.45, 2.75) is 6.54 Å². The molecule has 1 heterocycles. The van der Waals surface area contributed by atoms with Gasteiger partial charge in [-0.3, -0.25) is 4.90 Å². The van der Waals surface area contributed by atoms with Crippen molar-refractivity contribution in [3.63, 3.8) is 0 Å². The summed E-state index contributed by atoms with van der Waals surface area (Å²) in [5.41, 5.74) is 5.38. The molecule has 1 fully saturated rings. The lowest BCUT2D eigenvalue weighted by Gasteiger charge is -2.36. The lowest BCUT2D eigenvalue weighted by molar-refractivity contribution is 0.250. The number of hydrogen-bond acceptors (Lipinski definition) is 2. The number of nitrogens with zero attached hydrogens (tertiary/aromatic N) is 2. The second kappa shape index (κ2) is 7.54. The molecule has 0 bridgehead atoms. The van der Waals surface area contributed by atoms with Crippen molar-refractivity contribution in [2.75, 3.05) is 31.1 Å². The molecule has 0 unspecified atom stereocenters. The van der Waals surface area contributed by atoms with E-state index in [1.54, 1.807) is 0 Å². The van der Waals surface area contributed by atoms with Crippen LogP contribution in [0.2, 0.25) is 0 Å². The number of hydrogen-bond donors (Lipinski definition) is 0. The van der Waals surface area contributed by atoms with Gasteiger partial charge in [0, 0.05) is 38.4 Å². The summed E-state index contributed by atoms with van der Waals surface area (Å²) in [6.07, 6.45) is 0. The first-order valence-electron chi connectivity index (χ1n) is 8.97. The van der Waals surface area contributed by atoms with E-state index in [2.05, 4.69) is 82.6 Å². The van der Waals surface area contributed by atoms with E-state index in [0.717, 1.165) is 32.7 Å². The largest absolute Gasteiger partial charge is 0.369 e. The minimum absolute atomic E-state index is 1.02. The van der Waals surface area contributed by atoms with Crippen LogP contribution in [0.4, 0.5) is 5.69 Å². The molecule has 0 spiro atoms. The quantitative estimate of drug-likeness (QED) is 0.697. The summed E-state index contributed by atoms with van der Waals surface area (Å²) in [7, 11) is 0. The minimum atomic E-state index is 1.02. The Kier molecular flexibility index (Phi) is 4.80. The van der Waals surface area contributed by atoms with Gasteiger partial charge in [0.15, 0.2) is 0 Å². The van der Waals surface area contributed by atoms with Crippen LogP contribution in [0.1, 0.15) is 5.56 Å². The van der Waals surface area contributed by atoms with Gasteiger partial charge in [-0.25, -0.2) is 0 Å². The maximum atomic E-state index is 3.10. The van der Waals surface area contributed by atoms with Gasteiger partial charge in [-0.2, -0.15) is 0 Å². The Morgan fingerprint density at radius 2 is 1.40 bits per heavy atom. The van der Waals surface area contributed by atoms with Crippen molar-refractivity contribution in [1.82, 2.24) is 4.90 Å². The number of piperazine rings is 1. The fraction of sp³-hybridized carbons (Fsp3) is 0.217. The van der Waals surface area contributed by atoms with Crippen molar-refractivity contribution in [1.29, 1.82) is 0 Å². The van der Waals surface area contributed by atoms with Crippen LogP contribution in [0.3, 0.4) is 0 Å². The molecule has 0 N–H and O–H groups in total. The summed E-state index contributed by atoms with van der Waals surface area (Å²) < 4.78 is 0. The molecule has 125 valence electrons. The van der Waals surface area contributed by atoms with Crippen LogP contribution in [0.25, 0.3) is 11.1 Å². The van der Waals surface area contributed by atoms with Gasteiger partial charge < -0.3 is 4.90 Å². The van der Waals surface area contributed by atoms with Crippen LogP contribution >= 0.6 is 0 Å². The van der Waals surface area contributed by atoms with Crippen molar-refractivity contribution >= 4 is 5.69 Å². The zero-order valence-corrected chi connectivity index (χ0v) is 14.4. The van der Waals surface area contributed by atoms with Gasteiger partial charge in [0.2, 0.25) is 0 Å². The molecular formula is C23H23N2. The van der Waals surface area contributed by atoms with Gasteiger partial charge in [-0.1, -0.05) is 66.7 Å². The van der Waals surface area contributed by atoms with E-state index in [1.165, 1.54) is 22.4 Å². The predicted molar refractivity (Wildman–Crippen MR) is 105 cm³/mol. The fourth-order valence-corrected chi connectivity index (χ4v) is 3.55. The number of anilines is 1. The smallest absolute Gasteiger partial charge is 0.0367 e. The van der Waals surface area contributed by atoms with E-state index in [9.17, 15) is 0 Å². The summed E-state index contributed by atoms with van der Waals surface area (Å²) in [4.78, 5) is 5.03. The Morgan fingerprint density at radius 1 is 0.720 bits per heavy atom. The van der Waals surface area contributed by atoms with Crippen molar-refractivity contribution < 1.29 is 0 Å². The second-order valence-electron chi connectivity index (χ2n) is 6.54. The molecule has 3 aromatic rings. The minimum Gasteiger partial charge on any atom is -0.369 e. The molecule has 25 heavy (non-hydrogen) atoms. The zero-order chi connectivity index (χ0) is 16.9. The van der Waals surface area contributed by atoms with Crippen molar-refractivity contribution in [2.24, 2.45) is 0 Å². The third kappa shape index (κ3) is 3.75. The number of rotatable bonds is 4. The Hall–Kier alpha value is -2.58. The highest BCUT2D eigenvalue weighted by atomic mass is 15.3. The third-order valence-electron chi connectivity index (χ3n) is 4.93. The second-order valence-corrected chi connectivity index (χ2v) is 6.54. The molecule has 2 nitrogen and oxygen atoms in total. The number of benzene rings is 3. The first-order valence-corrected chi connectivity index (χ1v) is 8.97. The molecule has 0 aliphatic carbocycles. The lowest BCUT2D eigenvalue weighted by Crippen LogP contribution is -2.46. The van der Waals surface area contributed by atoms with E-state index in [0.29, 0.717) is 0 Å². The van der Waals surface area contributed by atoms with Gasteiger partial charge >= 0.3 is 0 Å². The molecule has 1 aliphatic rings. The van der Waals surface area contributed by atoms with Crippen LogP contribution in [-0.4, -0.2) is 31.1 Å². The van der Waals surface area contributed by atoms with Crippen LogP contribution in [0.15, 0.2) is 78.9 Å². The Balaban J connectivity index is 1.44. The highest BCUT2D eigenvalue weighted by Gasteiger charge is 2.18. The predicted octanol–water partition coefficient (Wildman–Crippen LogP) is 4.48. The van der Waals surface area contributed by atoms with Gasteiger partial charge in [0.05, 0.1) is 0 Å². The van der Waals surface area contributed by atoms with Gasteiger partial charge in [-0.05, 0) is 34.9 Å². The molecule has 0 aromatic heterocycles. The molecule has 0 atom stereocenters. The van der Waals surface area contributed by atoms with Crippen molar-refractivity contribution in [3.8, 4) is 11.1 Å². The topological polar surface area (TPSA) is 6.48 Å². The van der Waals surface area contributed by atoms with Crippen LogP contribution < -0.4 is 4.90 Å². The van der Waals surface area contributed by atoms with E-state index in [1.807, 2.05) is 12.1 Å². The summed E-state index contributed by atoms with van der Waals surface area (Å²) in [6.45, 7) is 5.37. The van der Waals surface area contributed by atoms with Gasteiger partial charge in [0.25, 0.3) is 0 Å². The van der Waals surface area contributed by atoms with Crippen molar-refractivity contribution in [3.05, 3.63) is 90.5 Å². The Bertz CT molecular complexity index is 791. The van der Waals surface area contributed by atoms with Gasteiger partial charge in [-0.15, -0.1) is 0 Å². The van der Waals surface area contributed by atoms with Crippen LogP contribution in [0, 0.1) is 6.07 Å². The Morgan fingerprint density at radius 3 is 2.16 bits per heavy atom. The SMILES string of the molecule is [c]1ccc(N2CCN(Cc3ccccc3-c3ccccc3)CC2)cc1. The maximum absolute atomic E-state index is 3.10.